The van der Waals surface area contributed by atoms with Gasteiger partial charge < -0.3 is 36.6 Å². The van der Waals surface area contributed by atoms with Gasteiger partial charge in [0, 0.05) is 18.2 Å². The molecule has 0 radical (unpaired) electrons. The summed E-state index contributed by atoms with van der Waals surface area (Å²) in [6, 6.07) is 2.44. The number of nitrogens with two attached hydrogens (primary N) is 2. The van der Waals surface area contributed by atoms with Gasteiger partial charge >= 0.3 is 5.97 Å². The minimum absolute atomic E-state index is 0.179. The fraction of sp³-hybridized carbons (Fsp3) is 0.318. The van der Waals surface area contributed by atoms with E-state index in [1.165, 1.54) is 19.1 Å². The van der Waals surface area contributed by atoms with Gasteiger partial charge in [-0.2, -0.15) is 0 Å². The van der Waals surface area contributed by atoms with Gasteiger partial charge in [-0.05, 0) is 12.1 Å². The second-order valence-corrected chi connectivity index (χ2v) is 8.25. The minimum Gasteiger partial charge on any atom is -0.507 e. The molecule has 0 aromatic heterocycles. The van der Waals surface area contributed by atoms with Crippen LogP contribution in [0.25, 0.3) is 10.8 Å². The molecule has 8 N–H and O–H groups in total. The Bertz CT molecular complexity index is 1330. The third-order valence-corrected chi connectivity index (χ3v) is 6.43. The number of esters is 1. The molecule has 1 unspecified atom stereocenters. The van der Waals surface area contributed by atoms with Crippen molar-refractivity contribution in [3.8, 4) is 17.2 Å². The maximum Gasteiger partial charge on any atom is 0.306 e. The van der Waals surface area contributed by atoms with Crippen LogP contribution in [0, 0.1) is 11.8 Å². The highest BCUT2D eigenvalue weighted by Gasteiger charge is 2.66. The summed E-state index contributed by atoms with van der Waals surface area (Å²) in [5.74, 6) is -12.5. The fourth-order valence-corrected chi connectivity index (χ4v) is 4.75. The number of fused-ring (bicyclic) bond motifs is 3. The van der Waals surface area contributed by atoms with Crippen LogP contribution >= 0.6 is 0 Å². The number of hydrogen-bond acceptors (Lipinski definition) is 11. The second-order valence-electron chi connectivity index (χ2n) is 8.25. The molecular weight excluding hydrogens is 452 g/mol. The molecule has 4 rings (SSSR count). The Morgan fingerprint density at radius 1 is 1.12 bits per heavy atom. The highest BCUT2D eigenvalue weighted by atomic mass is 16.5. The maximum atomic E-state index is 13.5. The van der Waals surface area contributed by atoms with Gasteiger partial charge in [-0.3, -0.25) is 24.0 Å². The molecule has 2 aliphatic rings. The van der Waals surface area contributed by atoms with Crippen LogP contribution in [0.15, 0.2) is 12.1 Å². The van der Waals surface area contributed by atoms with Gasteiger partial charge in [-0.15, -0.1) is 0 Å². The highest BCUT2D eigenvalue weighted by molar-refractivity contribution is 6.32. The highest BCUT2D eigenvalue weighted by Crippen LogP contribution is 2.56. The number of phenolic OH excluding ortho intramolecular Hbond substituents is 3. The smallest absolute Gasteiger partial charge is 0.306 e. The summed E-state index contributed by atoms with van der Waals surface area (Å²) in [7, 11) is 0. The predicted molar refractivity (Wildman–Crippen MR) is 113 cm³/mol. The van der Waals surface area contributed by atoms with E-state index in [9.17, 15) is 44.4 Å². The van der Waals surface area contributed by atoms with Crippen LogP contribution in [0.1, 0.15) is 41.8 Å². The van der Waals surface area contributed by atoms with Crippen LogP contribution in [0.3, 0.4) is 0 Å². The van der Waals surface area contributed by atoms with Crippen molar-refractivity contribution in [2.75, 3.05) is 5.73 Å². The van der Waals surface area contributed by atoms with E-state index in [2.05, 4.69) is 0 Å². The zero-order valence-electron chi connectivity index (χ0n) is 17.7. The van der Waals surface area contributed by atoms with Gasteiger partial charge in [-0.1, -0.05) is 6.92 Å². The van der Waals surface area contributed by atoms with Crippen molar-refractivity contribution in [3.05, 3.63) is 23.3 Å². The second kappa shape index (κ2) is 7.42. The van der Waals surface area contributed by atoms with Crippen LogP contribution < -0.4 is 11.5 Å². The van der Waals surface area contributed by atoms with E-state index in [1.807, 2.05) is 0 Å². The fourth-order valence-electron chi connectivity index (χ4n) is 4.75. The van der Waals surface area contributed by atoms with E-state index >= 15 is 0 Å². The van der Waals surface area contributed by atoms with Crippen molar-refractivity contribution in [1.29, 1.82) is 0 Å². The number of benzene rings is 2. The quantitative estimate of drug-likeness (QED) is 0.112. The van der Waals surface area contributed by atoms with Gasteiger partial charge in [-0.25, -0.2) is 0 Å². The summed E-state index contributed by atoms with van der Waals surface area (Å²) in [6.07, 6.45) is -2.70. The predicted octanol–water partition coefficient (Wildman–Crippen LogP) is -0.280. The Kier molecular flexibility index (Phi) is 5.01. The molecule has 12 nitrogen and oxygen atoms in total. The zero-order valence-corrected chi connectivity index (χ0v) is 17.7. The van der Waals surface area contributed by atoms with E-state index < -0.39 is 92.9 Å². The molecule has 2 aliphatic carbocycles. The number of carbonyl (C=O) groups excluding carboxylic acids is 5. The summed E-state index contributed by atoms with van der Waals surface area (Å²) < 4.78 is 5.35. The number of ketones is 3. The number of carbonyl (C=O) groups is 5. The molecule has 1 amide bonds. The number of ether oxygens (including phenoxy) is 1. The first-order valence-corrected chi connectivity index (χ1v) is 10.2. The third kappa shape index (κ3) is 2.78. The molecule has 0 spiro atoms. The Labute approximate surface area is 190 Å². The first kappa shape index (κ1) is 23.0. The molecule has 0 heterocycles. The Morgan fingerprint density at radius 3 is 2.35 bits per heavy atom. The van der Waals surface area contributed by atoms with Crippen LogP contribution in [-0.4, -0.2) is 55.3 Å². The number of rotatable bonds is 3. The van der Waals surface area contributed by atoms with Crippen molar-refractivity contribution in [1.82, 2.24) is 0 Å². The van der Waals surface area contributed by atoms with Crippen molar-refractivity contribution in [2.24, 2.45) is 17.6 Å². The molecule has 0 aliphatic heterocycles. The van der Waals surface area contributed by atoms with E-state index in [1.54, 1.807) is 0 Å². The van der Waals surface area contributed by atoms with Crippen LogP contribution in [-0.2, 0) is 23.9 Å². The monoisotopic (exact) mass is 472 g/mol. The number of aromatic hydroxyl groups is 3. The van der Waals surface area contributed by atoms with Crippen LogP contribution in [0.5, 0.6) is 17.2 Å². The molecule has 34 heavy (non-hydrogen) atoms. The number of nitrogen functional groups attached to an aromatic ring is 1. The van der Waals surface area contributed by atoms with E-state index in [4.69, 9.17) is 16.2 Å². The summed E-state index contributed by atoms with van der Waals surface area (Å²) in [5, 5.41) is 43.1. The number of hydrogen-bond donors (Lipinski definition) is 6. The Morgan fingerprint density at radius 2 is 1.76 bits per heavy atom. The summed E-state index contributed by atoms with van der Waals surface area (Å²) >= 11 is 0. The number of primary amides is 1. The lowest BCUT2D eigenvalue weighted by Crippen LogP contribution is -2.65. The topological polar surface area (TPSA) is 228 Å². The average molecular weight is 472 g/mol. The lowest BCUT2D eigenvalue weighted by Gasteiger charge is -2.46. The van der Waals surface area contributed by atoms with Gasteiger partial charge in [0.1, 0.15) is 23.4 Å². The van der Waals surface area contributed by atoms with E-state index in [0.29, 0.717) is 0 Å². The molecule has 0 saturated heterocycles. The van der Waals surface area contributed by atoms with Gasteiger partial charge in [0.25, 0.3) is 0 Å². The Hall–Kier alpha value is -4.19. The van der Waals surface area contributed by atoms with Crippen LogP contribution in [0.2, 0.25) is 0 Å². The number of amides is 1. The lowest BCUT2D eigenvalue weighted by atomic mass is 9.59. The maximum absolute atomic E-state index is 13.5. The summed E-state index contributed by atoms with van der Waals surface area (Å²) in [5.41, 5.74) is 6.19. The molecule has 4 atom stereocenters. The Balaban J connectivity index is 2.12. The van der Waals surface area contributed by atoms with Crippen molar-refractivity contribution >= 4 is 45.7 Å². The summed E-state index contributed by atoms with van der Waals surface area (Å²) in [4.78, 5) is 63.1. The molecule has 1 fully saturated rings. The first-order valence-electron chi connectivity index (χ1n) is 10.2. The normalized spacial score (nSPS) is 26.2. The molecule has 178 valence electrons. The molecule has 2 aromatic carbocycles. The van der Waals surface area contributed by atoms with Crippen molar-refractivity contribution in [2.45, 2.75) is 31.5 Å². The zero-order chi connectivity index (χ0) is 25.3. The number of aliphatic hydroxyl groups is 1. The largest absolute Gasteiger partial charge is 0.507 e. The number of phenols is 3. The third-order valence-electron chi connectivity index (χ3n) is 6.43. The SMILES string of the molecule is CCC(=O)O[C@H]1c2c(c(O)c3c(O)c(N)ccc3c2O)C(=O)[C@]2(O)C(=O)C(C(N)=O)C(=O)C[C@H]12. The molecule has 2 aromatic rings. The first-order chi connectivity index (χ1) is 15.9. The van der Waals surface area contributed by atoms with Crippen LogP contribution in [0.4, 0.5) is 5.69 Å². The average Bonchev–Trinajstić information content (AvgIpc) is 2.77. The minimum atomic E-state index is -3.10. The summed E-state index contributed by atoms with van der Waals surface area (Å²) in [6.45, 7) is 1.43. The van der Waals surface area contributed by atoms with Gasteiger partial charge in [0.2, 0.25) is 11.7 Å². The molecule has 0 bridgehead atoms. The number of Topliss-reactive ketones (excluding diaryl/α,β-unsaturated/α-hetero) is 3. The van der Waals surface area contributed by atoms with Crippen molar-refractivity contribution in [3.63, 3.8) is 0 Å². The molecule has 1 saturated carbocycles. The van der Waals surface area contributed by atoms with E-state index in [-0.39, 0.29) is 17.5 Å². The molecule has 12 heteroatoms. The van der Waals surface area contributed by atoms with Crippen molar-refractivity contribution < 1.29 is 49.1 Å². The van der Waals surface area contributed by atoms with Gasteiger partial charge in [0.15, 0.2) is 23.1 Å². The van der Waals surface area contributed by atoms with E-state index in [0.717, 1.165) is 0 Å². The standard InChI is InChI=1S/C22H20N2O10/c1-2-10(26)34-18-7-5-9(25)12(21(24)32)19(30)22(7,33)20(31)14-13(18)15(27)6-3-4-8(23)16(28)11(6)17(14)29/h3-4,7,12,18,27-29,33H,2,5,23H2,1H3,(H2,24,32)/t7-,12?,18-,22-/m1/s1. The number of anilines is 1. The lowest BCUT2D eigenvalue weighted by molar-refractivity contribution is -0.173. The van der Waals surface area contributed by atoms with Gasteiger partial charge in [0.05, 0.1) is 28.1 Å². The molecular formula is C22H20N2O10.